The monoisotopic (exact) mass is 280 g/mol. The molecule has 2 atom stereocenters. The molecule has 3 aliphatic carbocycles. The minimum atomic E-state index is 0.0274. The molecule has 3 fully saturated rings. The van der Waals surface area contributed by atoms with Gasteiger partial charge in [0.05, 0.1) is 6.61 Å². The van der Waals surface area contributed by atoms with Crippen LogP contribution in [-0.4, -0.2) is 47.3 Å². The quantitative estimate of drug-likeness (QED) is 0.717. The molecular weight excluding hydrogens is 248 g/mol. The van der Waals surface area contributed by atoms with Gasteiger partial charge in [0.1, 0.15) is 0 Å². The summed E-state index contributed by atoms with van der Waals surface area (Å²) in [6.45, 7) is 5.17. The summed E-state index contributed by atoms with van der Waals surface area (Å²) in [6, 6.07) is 1.40. The highest BCUT2D eigenvalue weighted by Gasteiger charge is 2.41. The second-order valence-electron chi connectivity index (χ2n) is 7.55. The number of rotatable bonds is 8. The van der Waals surface area contributed by atoms with Gasteiger partial charge in [0.15, 0.2) is 0 Å². The molecule has 3 nitrogen and oxygen atoms in total. The molecule has 116 valence electrons. The Bertz CT molecular complexity index is 314. The fourth-order valence-corrected chi connectivity index (χ4v) is 3.97. The van der Waals surface area contributed by atoms with Gasteiger partial charge in [-0.2, -0.15) is 0 Å². The SMILES string of the molecule is CCCN(CC1CC1)C1CCCC(CO)(NC2CC2)C1. The summed E-state index contributed by atoms with van der Waals surface area (Å²) in [6.07, 6.45) is 11.7. The van der Waals surface area contributed by atoms with Gasteiger partial charge in [0, 0.05) is 24.2 Å². The second-order valence-corrected chi connectivity index (χ2v) is 7.55. The number of hydrogen-bond donors (Lipinski definition) is 2. The van der Waals surface area contributed by atoms with Gasteiger partial charge >= 0.3 is 0 Å². The van der Waals surface area contributed by atoms with E-state index in [9.17, 15) is 5.11 Å². The summed E-state index contributed by atoms with van der Waals surface area (Å²) in [5.41, 5.74) is 0.0274. The molecule has 3 aliphatic rings. The molecule has 0 aliphatic heterocycles. The molecule has 3 rings (SSSR count). The van der Waals surface area contributed by atoms with E-state index >= 15 is 0 Å². The van der Waals surface area contributed by atoms with Gasteiger partial charge in [0.2, 0.25) is 0 Å². The Labute approximate surface area is 124 Å². The maximum atomic E-state index is 9.96. The summed E-state index contributed by atoms with van der Waals surface area (Å²) in [5, 5.41) is 13.7. The molecule has 0 heterocycles. The lowest BCUT2D eigenvalue weighted by molar-refractivity contribution is 0.0556. The van der Waals surface area contributed by atoms with Crippen LogP contribution in [0.5, 0.6) is 0 Å². The van der Waals surface area contributed by atoms with Crippen molar-refractivity contribution in [1.82, 2.24) is 10.2 Å². The Morgan fingerprint density at radius 2 is 2.00 bits per heavy atom. The zero-order chi connectivity index (χ0) is 14.0. The summed E-state index contributed by atoms with van der Waals surface area (Å²) < 4.78 is 0. The van der Waals surface area contributed by atoms with Gasteiger partial charge in [-0.05, 0) is 70.3 Å². The van der Waals surface area contributed by atoms with Crippen molar-refractivity contribution < 1.29 is 5.11 Å². The van der Waals surface area contributed by atoms with Crippen molar-refractivity contribution in [2.45, 2.75) is 82.3 Å². The fourth-order valence-electron chi connectivity index (χ4n) is 3.97. The number of aliphatic hydroxyl groups excluding tert-OH is 1. The van der Waals surface area contributed by atoms with Crippen LogP contribution in [0, 0.1) is 5.92 Å². The third-order valence-electron chi connectivity index (χ3n) is 5.43. The van der Waals surface area contributed by atoms with E-state index in [-0.39, 0.29) is 5.54 Å². The molecule has 0 bridgehead atoms. The highest BCUT2D eigenvalue weighted by molar-refractivity contribution is 5.01. The first-order valence-corrected chi connectivity index (χ1v) is 8.87. The van der Waals surface area contributed by atoms with E-state index in [4.69, 9.17) is 0 Å². The zero-order valence-corrected chi connectivity index (χ0v) is 13.1. The maximum absolute atomic E-state index is 9.96. The fraction of sp³-hybridized carbons (Fsp3) is 1.00. The first kappa shape index (κ1) is 14.8. The standard InChI is InChI=1S/C17H32N2O/c1-2-10-19(12-14-5-6-14)16-4-3-9-17(11-16,13-20)18-15-7-8-15/h14-16,18,20H,2-13H2,1H3. The molecule has 2 unspecified atom stereocenters. The molecule has 0 saturated heterocycles. The van der Waals surface area contributed by atoms with Gasteiger partial charge in [-0.3, -0.25) is 0 Å². The molecule has 0 amide bonds. The van der Waals surface area contributed by atoms with Crippen LogP contribution in [0.15, 0.2) is 0 Å². The minimum Gasteiger partial charge on any atom is -0.394 e. The second kappa shape index (κ2) is 6.33. The van der Waals surface area contributed by atoms with Crippen LogP contribution in [0.2, 0.25) is 0 Å². The Kier molecular flexibility index (Phi) is 4.68. The van der Waals surface area contributed by atoms with Crippen molar-refractivity contribution in [3.63, 3.8) is 0 Å². The Morgan fingerprint density at radius 3 is 2.60 bits per heavy atom. The van der Waals surface area contributed by atoms with E-state index in [1.165, 1.54) is 64.5 Å². The van der Waals surface area contributed by atoms with Gasteiger partial charge in [0.25, 0.3) is 0 Å². The Balaban J connectivity index is 1.61. The first-order valence-electron chi connectivity index (χ1n) is 8.87. The molecule has 3 heteroatoms. The van der Waals surface area contributed by atoms with Crippen molar-refractivity contribution >= 4 is 0 Å². The Hall–Kier alpha value is -0.120. The van der Waals surface area contributed by atoms with E-state index in [2.05, 4.69) is 17.1 Å². The van der Waals surface area contributed by atoms with E-state index in [0.29, 0.717) is 18.7 Å². The van der Waals surface area contributed by atoms with Crippen molar-refractivity contribution in [2.75, 3.05) is 19.7 Å². The molecule has 0 radical (unpaired) electrons. The van der Waals surface area contributed by atoms with E-state index < -0.39 is 0 Å². The van der Waals surface area contributed by atoms with E-state index in [0.717, 1.165) is 12.3 Å². The van der Waals surface area contributed by atoms with Crippen molar-refractivity contribution in [3.8, 4) is 0 Å². The van der Waals surface area contributed by atoms with Crippen LogP contribution in [0.4, 0.5) is 0 Å². The average Bonchev–Trinajstić information content (AvgIpc) is 3.35. The highest BCUT2D eigenvalue weighted by atomic mass is 16.3. The molecule has 20 heavy (non-hydrogen) atoms. The smallest absolute Gasteiger partial charge is 0.0613 e. The minimum absolute atomic E-state index is 0.0274. The summed E-state index contributed by atoms with van der Waals surface area (Å²) >= 11 is 0. The molecule has 2 N–H and O–H groups in total. The average molecular weight is 280 g/mol. The molecule has 3 saturated carbocycles. The molecule has 0 aromatic carbocycles. The van der Waals surface area contributed by atoms with Crippen LogP contribution >= 0.6 is 0 Å². The van der Waals surface area contributed by atoms with Crippen LogP contribution in [0.1, 0.15) is 64.7 Å². The Morgan fingerprint density at radius 1 is 1.20 bits per heavy atom. The van der Waals surface area contributed by atoms with Crippen molar-refractivity contribution in [1.29, 1.82) is 0 Å². The highest BCUT2D eigenvalue weighted by Crippen LogP contribution is 2.37. The normalized spacial score (nSPS) is 34.6. The van der Waals surface area contributed by atoms with Crippen LogP contribution in [0.25, 0.3) is 0 Å². The van der Waals surface area contributed by atoms with Crippen molar-refractivity contribution in [2.24, 2.45) is 5.92 Å². The first-order chi connectivity index (χ1) is 9.74. The number of nitrogens with one attached hydrogen (secondary N) is 1. The predicted octanol–water partition coefficient (Wildman–Crippen LogP) is 2.53. The topological polar surface area (TPSA) is 35.5 Å². The van der Waals surface area contributed by atoms with Gasteiger partial charge in [-0.15, -0.1) is 0 Å². The van der Waals surface area contributed by atoms with E-state index in [1.54, 1.807) is 0 Å². The lowest BCUT2D eigenvalue weighted by atomic mass is 9.78. The third-order valence-corrected chi connectivity index (χ3v) is 5.43. The van der Waals surface area contributed by atoms with Gasteiger partial charge < -0.3 is 15.3 Å². The van der Waals surface area contributed by atoms with Gasteiger partial charge in [-0.1, -0.05) is 6.92 Å². The largest absolute Gasteiger partial charge is 0.394 e. The molecule has 0 spiro atoms. The number of nitrogens with zero attached hydrogens (tertiary/aromatic N) is 1. The van der Waals surface area contributed by atoms with Crippen LogP contribution in [0.3, 0.4) is 0 Å². The third kappa shape index (κ3) is 3.75. The molecule has 0 aromatic heterocycles. The maximum Gasteiger partial charge on any atom is 0.0613 e. The molecule has 0 aromatic rings. The summed E-state index contributed by atoms with van der Waals surface area (Å²) in [4.78, 5) is 2.75. The van der Waals surface area contributed by atoms with Crippen LogP contribution in [-0.2, 0) is 0 Å². The lowest BCUT2D eigenvalue weighted by Crippen LogP contribution is -2.56. The van der Waals surface area contributed by atoms with Crippen molar-refractivity contribution in [3.05, 3.63) is 0 Å². The zero-order valence-electron chi connectivity index (χ0n) is 13.1. The summed E-state index contributed by atoms with van der Waals surface area (Å²) in [5.74, 6) is 0.975. The van der Waals surface area contributed by atoms with E-state index in [1.807, 2.05) is 0 Å². The predicted molar refractivity (Wildman–Crippen MR) is 82.8 cm³/mol. The summed E-state index contributed by atoms with van der Waals surface area (Å²) in [7, 11) is 0. The lowest BCUT2D eigenvalue weighted by Gasteiger charge is -2.45. The van der Waals surface area contributed by atoms with Gasteiger partial charge in [-0.25, -0.2) is 0 Å². The van der Waals surface area contributed by atoms with Crippen LogP contribution < -0.4 is 5.32 Å². The number of hydrogen-bond acceptors (Lipinski definition) is 3. The number of aliphatic hydroxyl groups is 1. The molecular formula is C17H32N2O.